The molecule has 0 aliphatic carbocycles. The Kier molecular flexibility index (Phi) is 4.87. The quantitative estimate of drug-likeness (QED) is 0.475. The van der Waals surface area contributed by atoms with Crippen molar-refractivity contribution in [2.75, 3.05) is 19.6 Å². The van der Waals surface area contributed by atoms with Crippen LogP contribution in [-0.4, -0.2) is 46.3 Å². The van der Waals surface area contributed by atoms with Gasteiger partial charge in [0.05, 0.1) is 21.0 Å². The van der Waals surface area contributed by atoms with Crippen LogP contribution < -0.4 is 5.32 Å². The van der Waals surface area contributed by atoms with Crippen molar-refractivity contribution in [2.24, 2.45) is 0 Å². The topological polar surface area (TPSA) is 78.1 Å². The Labute approximate surface area is 175 Å². The maximum atomic E-state index is 14.3. The van der Waals surface area contributed by atoms with Gasteiger partial charge in [-0.15, -0.1) is 0 Å². The van der Waals surface area contributed by atoms with Crippen molar-refractivity contribution in [1.82, 2.24) is 20.2 Å². The second kappa shape index (κ2) is 7.20. The van der Waals surface area contributed by atoms with E-state index in [9.17, 15) is 14.0 Å². The van der Waals surface area contributed by atoms with Crippen LogP contribution in [0.15, 0.2) is 18.5 Å². The van der Waals surface area contributed by atoms with Crippen LogP contribution in [0.3, 0.4) is 0 Å². The van der Waals surface area contributed by atoms with Gasteiger partial charge >= 0.3 is 0 Å². The van der Waals surface area contributed by atoms with Crippen molar-refractivity contribution in [3.8, 4) is 23.1 Å². The largest absolute Gasteiger partial charge is 0.356 e. The summed E-state index contributed by atoms with van der Waals surface area (Å²) in [7, 11) is 0. The zero-order chi connectivity index (χ0) is 19.9. The van der Waals surface area contributed by atoms with E-state index in [4.69, 9.17) is 0 Å². The van der Waals surface area contributed by atoms with Crippen LogP contribution in [0.25, 0.3) is 11.3 Å². The zero-order valence-electron chi connectivity index (χ0n) is 15.2. The molecule has 4 heterocycles. The van der Waals surface area contributed by atoms with Crippen molar-refractivity contribution in [2.45, 2.75) is 25.2 Å². The molecule has 0 unspecified atom stereocenters. The minimum absolute atomic E-state index is 0.155. The van der Waals surface area contributed by atoms with Crippen molar-refractivity contribution in [1.29, 1.82) is 0 Å². The van der Waals surface area contributed by atoms with E-state index in [0.717, 1.165) is 5.69 Å². The highest BCUT2D eigenvalue weighted by Crippen LogP contribution is 2.43. The zero-order valence-corrected chi connectivity index (χ0v) is 17.4. The SMILES string of the molecule is CC#CC(=O)N1CCC2(CC1)CNC(=O)c1c2[nH]c(-c2ccncc2F)c1I. The molecule has 28 heavy (non-hydrogen) atoms. The first kappa shape index (κ1) is 18.9. The van der Waals surface area contributed by atoms with E-state index < -0.39 is 5.82 Å². The molecule has 0 bridgehead atoms. The number of amides is 2. The van der Waals surface area contributed by atoms with E-state index in [2.05, 4.69) is 49.7 Å². The molecule has 144 valence electrons. The Hall–Kier alpha value is -2.41. The van der Waals surface area contributed by atoms with Gasteiger partial charge in [0.1, 0.15) is 0 Å². The number of H-pyrrole nitrogens is 1. The van der Waals surface area contributed by atoms with E-state index in [1.165, 1.54) is 12.4 Å². The number of hydrogen-bond donors (Lipinski definition) is 2. The fourth-order valence-corrected chi connectivity index (χ4v) is 4.97. The molecule has 1 saturated heterocycles. The van der Waals surface area contributed by atoms with E-state index in [0.29, 0.717) is 52.9 Å². The number of aromatic amines is 1. The summed E-state index contributed by atoms with van der Waals surface area (Å²) < 4.78 is 15.0. The third kappa shape index (κ3) is 2.98. The van der Waals surface area contributed by atoms with Crippen LogP contribution in [0, 0.1) is 21.2 Å². The number of nitrogens with one attached hydrogen (secondary N) is 2. The van der Waals surface area contributed by atoms with E-state index >= 15 is 0 Å². The molecule has 1 spiro atoms. The van der Waals surface area contributed by atoms with Crippen LogP contribution in [0.2, 0.25) is 0 Å². The van der Waals surface area contributed by atoms with Gasteiger partial charge in [-0.1, -0.05) is 5.92 Å². The second-order valence-corrected chi connectivity index (χ2v) is 8.13. The molecule has 6 nitrogen and oxygen atoms in total. The van der Waals surface area contributed by atoms with Gasteiger partial charge < -0.3 is 15.2 Å². The average molecular weight is 492 g/mol. The van der Waals surface area contributed by atoms with E-state index in [1.54, 1.807) is 17.9 Å². The second-order valence-electron chi connectivity index (χ2n) is 7.05. The van der Waals surface area contributed by atoms with Crippen molar-refractivity contribution >= 4 is 34.4 Å². The highest BCUT2D eigenvalue weighted by Gasteiger charge is 2.45. The number of aromatic nitrogens is 2. The van der Waals surface area contributed by atoms with Crippen molar-refractivity contribution < 1.29 is 14.0 Å². The minimum Gasteiger partial charge on any atom is -0.356 e. The van der Waals surface area contributed by atoms with Crippen LogP contribution in [-0.2, 0) is 10.2 Å². The molecule has 0 saturated carbocycles. The van der Waals surface area contributed by atoms with E-state index in [-0.39, 0.29) is 17.2 Å². The van der Waals surface area contributed by atoms with Gasteiger partial charge in [-0.3, -0.25) is 14.6 Å². The van der Waals surface area contributed by atoms with Gasteiger partial charge in [-0.05, 0) is 54.3 Å². The summed E-state index contributed by atoms with van der Waals surface area (Å²) in [5, 5.41) is 2.99. The molecule has 2 aliphatic rings. The molecule has 8 heteroatoms. The predicted molar refractivity (Wildman–Crippen MR) is 110 cm³/mol. The number of rotatable bonds is 1. The summed E-state index contributed by atoms with van der Waals surface area (Å²) in [4.78, 5) is 33.6. The van der Waals surface area contributed by atoms with Gasteiger partial charge in [0.25, 0.3) is 11.8 Å². The average Bonchev–Trinajstić information content (AvgIpc) is 3.05. The van der Waals surface area contributed by atoms with Gasteiger partial charge in [-0.2, -0.15) is 0 Å². The highest BCUT2D eigenvalue weighted by atomic mass is 127. The maximum Gasteiger partial charge on any atom is 0.298 e. The number of pyridine rings is 1. The number of carbonyl (C=O) groups is 2. The molecular weight excluding hydrogens is 474 g/mol. The monoisotopic (exact) mass is 492 g/mol. The molecule has 4 rings (SSSR count). The molecule has 2 aliphatic heterocycles. The number of likely N-dealkylation sites (tertiary alicyclic amines) is 1. The van der Waals surface area contributed by atoms with Gasteiger partial charge in [0.15, 0.2) is 5.82 Å². The lowest BCUT2D eigenvalue weighted by molar-refractivity contribution is -0.126. The third-order valence-corrected chi connectivity index (χ3v) is 6.64. The van der Waals surface area contributed by atoms with Crippen LogP contribution >= 0.6 is 22.6 Å². The summed E-state index contributed by atoms with van der Waals surface area (Å²) >= 11 is 2.10. The van der Waals surface area contributed by atoms with E-state index in [1.807, 2.05) is 0 Å². The number of halogens is 2. The molecule has 0 radical (unpaired) electrons. The standard InChI is InChI=1S/C20H18FIN4O2/c1-2-3-14(27)26-8-5-20(6-9-26)11-24-19(28)15-16(22)17(25-18(15)20)12-4-7-23-10-13(12)21/h4,7,10,25H,5-6,8-9,11H2,1H3,(H,24,28). The normalized spacial score (nSPS) is 17.5. The Bertz CT molecular complexity index is 1030. The van der Waals surface area contributed by atoms with Crippen LogP contribution in [0.4, 0.5) is 4.39 Å². The summed E-state index contributed by atoms with van der Waals surface area (Å²) in [5.41, 5.74) is 2.09. The smallest absolute Gasteiger partial charge is 0.298 e. The molecule has 2 aromatic rings. The van der Waals surface area contributed by atoms with Gasteiger partial charge in [0.2, 0.25) is 0 Å². The van der Waals surface area contributed by atoms with Gasteiger partial charge in [-0.25, -0.2) is 4.39 Å². The predicted octanol–water partition coefficient (Wildman–Crippen LogP) is 2.45. The number of piperidine rings is 1. The molecular formula is C20H18FIN4O2. The van der Waals surface area contributed by atoms with Crippen LogP contribution in [0.5, 0.6) is 0 Å². The lowest BCUT2D eigenvalue weighted by atomic mass is 9.72. The molecule has 2 amide bonds. The summed E-state index contributed by atoms with van der Waals surface area (Å²) in [6.45, 7) is 3.27. The fourth-order valence-electron chi connectivity index (χ4n) is 4.03. The van der Waals surface area contributed by atoms with Crippen LogP contribution in [0.1, 0.15) is 35.8 Å². The molecule has 2 N–H and O–H groups in total. The minimum atomic E-state index is -0.438. The Morgan fingerprint density at radius 2 is 2.14 bits per heavy atom. The summed E-state index contributed by atoms with van der Waals surface area (Å²) in [6.07, 6.45) is 4.10. The Morgan fingerprint density at radius 3 is 2.82 bits per heavy atom. The number of fused-ring (bicyclic) bond motifs is 2. The first-order chi connectivity index (χ1) is 13.5. The molecule has 1 fully saturated rings. The number of hydrogen-bond acceptors (Lipinski definition) is 3. The first-order valence-corrected chi connectivity index (χ1v) is 10.1. The summed E-state index contributed by atoms with van der Waals surface area (Å²) in [6, 6.07) is 1.60. The fraction of sp³-hybridized carbons (Fsp3) is 0.350. The Morgan fingerprint density at radius 1 is 1.39 bits per heavy atom. The van der Waals surface area contributed by atoms with Gasteiger partial charge in [0, 0.05) is 42.5 Å². The van der Waals surface area contributed by atoms with Crippen molar-refractivity contribution in [3.63, 3.8) is 0 Å². The molecule has 0 atom stereocenters. The Balaban J connectivity index is 1.74. The summed E-state index contributed by atoms with van der Waals surface area (Å²) in [5.74, 6) is 4.47. The highest BCUT2D eigenvalue weighted by molar-refractivity contribution is 14.1. The lowest BCUT2D eigenvalue weighted by Gasteiger charge is -2.43. The molecule has 2 aromatic heterocycles. The third-order valence-electron chi connectivity index (χ3n) is 5.57. The number of carbonyl (C=O) groups excluding carboxylic acids is 2. The first-order valence-electron chi connectivity index (χ1n) is 8.98. The lowest BCUT2D eigenvalue weighted by Crippen LogP contribution is -2.53. The molecule has 0 aromatic carbocycles. The van der Waals surface area contributed by atoms with Crippen molar-refractivity contribution in [3.05, 3.63) is 39.1 Å². The maximum absolute atomic E-state index is 14.3. The number of nitrogens with zero attached hydrogens (tertiary/aromatic N) is 2.